The molecular formula is C12H20N4O. The fourth-order valence-electron chi connectivity index (χ4n) is 1.98. The second-order valence-corrected chi connectivity index (χ2v) is 4.23. The van der Waals surface area contributed by atoms with Crippen LogP contribution in [0, 0.1) is 5.92 Å². The summed E-state index contributed by atoms with van der Waals surface area (Å²) in [5.74, 6) is 2.01. The first kappa shape index (κ1) is 12.1. The molecule has 1 fully saturated rings. The number of hydrogen-bond donors (Lipinski definition) is 2. The van der Waals surface area contributed by atoms with E-state index in [1.54, 1.807) is 12.3 Å². The normalized spacial score (nSPS) is 16.8. The number of rotatable bonds is 5. The Labute approximate surface area is 102 Å². The molecule has 2 N–H and O–H groups in total. The van der Waals surface area contributed by atoms with Crippen molar-refractivity contribution in [3.05, 3.63) is 12.3 Å². The maximum atomic E-state index is 5.34. The molecule has 0 atom stereocenters. The lowest BCUT2D eigenvalue weighted by atomic mass is 9.98. The summed E-state index contributed by atoms with van der Waals surface area (Å²) in [7, 11) is 0. The third-order valence-electron chi connectivity index (χ3n) is 2.93. The van der Waals surface area contributed by atoms with Crippen LogP contribution in [0.4, 0.5) is 5.95 Å². The Balaban J connectivity index is 1.83. The molecule has 0 saturated carbocycles. The molecule has 2 rings (SSSR count). The Bertz CT molecular complexity index is 339. The number of ether oxygens (including phenoxy) is 1. The van der Waals surface area contributed by atoms with E-state index in [2.05, 4.69) is 20.6 Å². The van der Waals surface area contributed by atoms with Crippen molar-refractivity contribution in [1.82, 2.24) is 15.3 Å². The maximum absolute atomic E-state index is 5.34. The molecule has 0 bridgehead atoms. The zero-order valence-electron chi connectivity index (χ0n) is 10.3. The van der Waals surface area contributed by atoms with Crippen molar-refractivity contribution in [3.63, 3.8) is 0 Å². The molecule has 1 aromatic rings. The molecule has 0 spiro atoms. The first-order valence-electron chi connectivity index (χ1n) is 6.29. The van der Waals surface area contributed by atoms with Crippen molar-refractivity contribution in [2.24, 2.45) is 5.92 Å². The predicted octanol–water partition coefficient (Wildman–Crippen LogP) is 1.29. The van der Waals surface area contributed by atoms with Crippen LogP contribution in [0.25, 0.3) is 0 Å². The van der Waals surface area contributed by atoms with E-state index >= 15 is 0 Å². The molecule has 0 aromatic carbocycles. The molecule has 94 valence electrons. The Morgan fingerprint density at radius 3 is 3.06 bits per heavy atom. The van der Waals surface area contributed by atoms with E-state index in [0.29, 0.717) is 18.4 Å². The minimum absolute atomic E-state index is 0.630. The van der Waals surface area contributed by atoms with Gasteiger partial charge in [-0.25, -0.2) is 4.98 Å². The van der Waals surface area contributed by atoms with Gasteiger partial charge in [-0.2, -0.15) is 4.98 Å². The Morgan fingerprint density at radius 1 is 1.47 bits per heavy atom. The van der Waals surface area contributed by atoms with Crippen LogP contribution < -0.4 is 15.4 Å². The Kier molecular flexibility index (Phi) is 4.55. The summed E-state index contributed by atoms with van der Waals surface area (Å²) >= 11 is 0. The van der Waals surface area contributed by atoms with Gasteiger partial charge in [0.05, 0.1) is 6.61 Å². The highest BCUT2D eigenvalue weighted by molar-refractivity contribution is 5.27. The summed E-state index contributed by atoms with van der Waals surface area (Å²) in [6.07, 6.45) is 4.17. The SMILES string of the molecule is CCOc1ccnc(NCC2CCNCC2)n1. The molecule has 0 unspecified atom stereocenters. The number of piperidine rings is 1. The summed E-state index contributed by atoms with van der Waals surface area (Å²) in [5, 5.41) is 6.64. The zero-order chi connectivity index (χ0) is 11.9. The molecular weight excluding hydrogens is 216 g/mol. The molecule has 5 nitrogen and oxygen atoms in total. The van der Waals surface area contributed by atoms with Gasteiger partial charge < -0.3 is 15.4 Å². The zero-order valence-corrected chi connectivity index (χ0v) is 10.3. The quantitative estimate of drug-likeness (QED) is 0.806. The van der Waals surface area contributed by atoms with Crippen LogP contribution in [0.15, 0.2) is 12.3 Å². The maximum Gasteiger partial charge on any atom is 0.225 e. The highest BCUT2D eigenvalue weighted by Crippen LogP contribution is 2.13. The van der Waals surface area contributed by atoms with Crippen molar-refractivity contribution in [3.8, 4) is 5.88 Å². The lowest BCUT2D eigenvalue weighted by molar-refractivity contribution is 0.326. The van der Waals surface area contributed by atoms with Gasteiger partial charge in [0.2, 0.25) is 11.8 Å². The van der Waals surface area contributed by atoms with Crippen molar-refractivity contribution in [2.45, 2.75) is 19.8 Å². The average Bonchev–Trinajstić information content (AvgIpc) is 2.39. The topological polar surface area (TPSA) is 59.1 Å². The largest absolute Gasteiger partial charge is 0.478 e. The number of anilines is 1. The average molecular weight is 236 g/mol. The first-order valence-corrected chi connectivity index (χ1v) is 6.29. The van der Waals surface area contributed by atoms with Gasteiger partial charge in [-0.1, -0.05) is 0 Å². The van der Waals surface area contributed by atoms with Crippen molar-refractivity contribution < 1.29 is 4.74 Å². The lowest BCUT2D eigenvalue weighted by Crippen LogP contribution is -2.31. The standard InChI is InChI=1S/C12H20N4O/c1-2-17-11-5-8-14-12(16-11)15-9-10-3-6-13-7-4-10/h5,8,10,13H,2-4,6-7,9H2,1H3,(H,14,15,16). The molecule has 0 aliphatic carbocycles. The molecule has 1 aromatic heterocycles. The van der Waals surface area contributed by atoms with Gasteiger partial charge in [0.15, 0.2) is 0 Å². The van der Waals surface area contributed by atoms with Gasteiger partial charge in [0, 0.05) is 18.8 Å². The summed E-state index contributed by atoms with van der Waals surface area (Å²) in [4.78, 5) is 8.48. The van der Waals surface area contributed by atoms with Gasteiger partial charge in [-0.15, -0.1) is 0 Å². The van der Waals surface area contributed by atoms with Gasteiger partial charge >= 0.3 is 0 Å². The fraction of sp³-hybridized carbons (Fsp3) is 0.667. The second kappa shape index (κ2) is 6.39. The fourth-order valence-corrected chi connectivity index (χ4v) is 1.98. The van der Waals surface area contributed by atoms with Gasteiger partial charge in [0.25, 0.3) is 0 Å². The lowest BCUT2D eigenvalue weighted by Gasteiger charge is -2.22. The molecule has 1 aliphatic heterocycles. The van der Waals surface area contributed by atoms with Crippen molar-refractivity contribution in [2.75, 3.05) is 31.6 Å². The van der Waals surface area contributed by atoms with Crippen molar-refractivity contribution in [1.29, 1.82) is 0 Å². The monoisotopic (exact) mass is 236 g/mol. The number of hydrogen-bond acceptors (Lipinski definition) is 5. The first-order chi connectivity index (χ1) is 8.38. The molecule has 5 heteroatoms. The van der Waals surface area contributed by atoms with Crippen LogP contribution in [-0.2, 0) is 0 Å². The van der Waals surface area contributed by atoms with Gasteiger partial charge in [0.1, 0.15) is 0 Å². The molecule has 17 heavy (non-hydrogen) atoms. The van der Waals surface area contributed by atoms with Crippen LogP contribution in [0.2, 0.25) is 0 Å². The van der Waals surface area contributed by atoms with Crippen LogP contribution in [0.1, 0.15) is 19.8 Å². The highest BCUT2D eigenvalue weighted by Gasteiger charge is 2.12. The number of aromatic nitrogens is 2. The third kappa shape index (κ3) is 3.85. The van der Waals surface area contributed by atoms with Crippen LogP contribution in [0.5, 0.6) is 5.88 Å². The van der Waals surface area contributed by atoms with E-state index < -0.39 is 0 Å². The minimum Gasteiger partial charge on any atom is -0.478 e. The summed E-state index contributed by atoms with van der Waals surface area (Å²) in [6.45, 7) is 5.75. The summed E-state index contributed by atoms with van der Waals surface area (Å²) in [5.41, 5.74) is 0. The minimum atomic E-state index is 0.630. The van der Waals surface area contributed by atoms with E-state index in [1.165, 1.54) is 12.8 Å². The third-order valence-corrected chi connectivity index (χ3v) is 2.93. The number of nitrogens with zero attached hydrogens (tertiary/aromatic N) is 2. The Hall–Kier alpha value is -1.36. The smallest absolute Gasteiger partial charge is 0.225 e. The molecule has 0 amide bonds. The van der Waals surface area contributed by atoms with Gasteiger partial charge in [-0.05, 0) is 38.8 Å². The van der Waals surface area contributed by atoms with Crippen molar-refractivity contribution >= 4 is 5.95 Å². The van der Waals surface area contributed by atoms with E-state index in [0.717, 1.165) is 25.6 Å². The predicted molar refractivity (Wildman–Crippen MR) is 67.3 cm³/mol. The van der Waals surface area contributed by atoms with Gasteiger partial charge in [-0.3, -0.25) is 0 Å². The number of nitrogens with one attached hydrogen (secondary N) is 2. The molecule has 1 aliphatic rings. The molecule has 0 radical (unpaired) electrons. The molecule has 1 saturated heterocycles. The van der Waals surface area contributed by atoms with Crippen LogP contribution >= 0.6 is 0 Å². The summed E-state index contributed by atoms with van der Waals surface area (Å²) in [6, 6.07) is 1.78. The summed E-state index contributed by atoms with van der Waals surface area (Å²) < 4.78 is 5.34. The van der Waals surface area contributed by atoms with E-state index in [4.69, 9.17) is 4.74 Å². The van der Waals surface area contributed by atoms with Crippen LogP contribution in [-0.4, -0.2) is 36.2 Å². The van der Waals surface area contributed by atoms with E-state index in [1.807, 2.05) is 6.92 Å². The molecule has 2 heterocycles. The van der Waals surface area contributed by atoms with E-state index in [9.17, 15) is 0 Å². The second-order valence-electron chi connectivity index (χ2n) is 4.23. The highest BCUT2D eigenvalue weighted by atomic mass is 16.5. The van der Waals surface area contributed by atoms with Crippen LogP contribution in [0.3, 0.4) is 0 Å². The van der Waals surface area contributed by atoms with E-state index in [-0.39, 0.29) is 0 Å². The Morgan fingerprint density at radius 2 is 2.29 bits per heavy atom.